The Morgan fingerprint density at radius 1 is 1.67 bits per heavy atom. The number of carbonyl (C=O) groups excluding carboxylic acids is 1. The summed E-state index contributed by atoms with van der Waals surface area (Å²) in [5.41, 5.74) is 0.481. The van der Waals surface area contributed by atoms with Gasteiger partial charge in [-0.05, 0) is 18.9 Å². The highest BCUT2D eigenvalue weighted by molar-refractivity contribution is 6.19. The summed E-state index contributed by atoms with van der Waals surface area (Å²) in [6.07, 6.45) is 4.22. The van der Waals surface area contributed by atoms with Crippen LogP contribution in [0.5, 0.6) is 0 Å². The second kappa shape index (κ2) is 3.89. The molecule has 0 atom stereocenters. The number of amides is 1. The van der Waals surface area contributed by atoms with Gasteiger partial charge in [-0.1, -0.05) is 6.92 Å². The van der Waals surface area contributed by atoms with Gasteiger partial charge in [-0.25, -0.2) is 0 Å². The topological polar surface area (TPSA) is 42.2 Å². The Bertz CT molecular complexity index is 368. The van der Waals surface area contributed by atoms with Crippen molar-refractivity contribution in [2.45, 2.75) is 31.7 Å². The molecule has 1 heterocycles. The molecular formula is C11H14ClNO2. The normalized spacial score (nSPS) is 17.5. The molecule has 0 radical (unpaired) electrons. The molecule has 1 aliphatic rings. The number of nitrogens with one attached hydrogen (secondary N) is 1. The lowest BCUT2D eigenvalue weighted by atomic mass is 10.2. The van der Waals surface area contributed by atoms with Gasteiger partial charge in [-0.2, -0.15) is 0 Å². The minimum absolute atomic E-state index is 0.0706. The summed E-state index contributed by atoms with van der Waals surface area (Å²) in [4.78, 5) is 11.9. The zero-order chi connectivity index (χ0) is 10.9. The molecule has 1 aromatic rings. The lowest BCUT2D eigenvalue weighted by molar-refractivity contribution is 0.0934. The molecule has 0 bridgehead atoms. The van der Waals surface area contributed by atoms with Gasteiger partial charge in [-0.15, -0.1) is 11.6 Å². The first kappa shape index (κ1) is 10.6. The zero-order valence-corrected chi connectivity index (χ0v) is 9.43. The van der Waals surface area contributed by atoms with E-state index in [9.17, 15) is 4.79 Å². The van der Waals surface area contributed by atoms with E-state index in [1.807, 2.05) is 6.92 Å². The number of hydrogen-bond donors (Lipinski definition) is 1. The fourth-order valence-corrected chi connectivity index (χ4v) is 1.90. The zero-order valence-electron chi connectivity index (χ0n) is 8.68. The molecule has 15 heavy (non-hydrogen) atoms. The highest BCUT2D eigenvalue weighted by Crippen LogP contribution is 2.36. The van der Waals surface area contributed by atoms with Gasteiger partial charge in [0.25, 0.3) is 5.91 Å². The Kier molecular flexibility index (Phi) is 2.74. The van der Waals surface area contributed by atoms with E-state index in [4.69, 9.17) is 16.0 Å². The van der Waals surface area contributed by atoms with Crippen LogP contribution >= 0.6 is 11.6 Å². The second-order valence-electron chi connectivity index (χ2n) is 3.98. The van der Waals surface area contributed by atoms with Crippen molar-refractivity contribution in [2.75, 3.05) is 5.88 Å². The molecule has 82 valence electrons. The number of halogens is 1. The average molecular weight is 228 g/mol. The molecular weight excluding hydrogens is 214 g/mol. The fraction of sp³-hybridized carbons (Fsp3) is 0.545. The SMILES string of the molecule is CCc1occc1C(=O)NC1(CCl)CC1. The van der Waals surface area contributed by atoms with Gasteiger partial charge in [0.15, 0.2) is 0 Å². The van der Waals surface area contributed by atoms with E-state index in [1.165, 1.54) is 0 Å². The molecule has 1 amide bonds. The van der Waals surface area contributed by atoms with E-state index in [0.717, 1.165) is 25.0 Å². The summed E-state index contributed by atoms with van der Waals surface area (Å²) in [5, 5.41) is 2.96. The highest BCUT2D eigenvalue weighted by atomic mass is 35.5. The monoisotopic (exact) mass is 227 g/mol. The van der Waals surface area contributed by atoms with Crippen LogP contribution in [0.25, 0.3) is 0 Å². The molecule has 1 N–H and O–H groups in total. The number of rotatable bonds is 4. The molecule has 3 nitrogen and oxygen atoms in total. The van der Waals surface area contributed by atoms with E-state index >= 15 is 0 Å². The largest absolute Gasteiger partial charge is 0.469 e. The number of aryl methyl sites for hydroxylation is 1. The number of furan rings is 1. The van der Waals surface area contributed by atoms with Crippen molar-refractivity contribution in [3.63, 3.8) is 0 Å². The maximum Gasteiger partial charge on any atom is 0.255 e. The Hall–Kier alpha value is -0.960. The van der Waals surface area contributed by atoms with Crippen LogP contribution in [0.1, 0.15) is 35.9 Å². The second-order valence-corrected chi connectivity index (χ2v) is 4.25. The van der Waals surface area contributed by atoms with Crippen LogP contribution in [0.4, 0.5) is 0 Å². The molecule has 0 unspecified atom stereocenters. The molecule has 1 aliphatic carbocycles. The Morgan fingerprint density at radius 2 is 2.40 bits per heavy atom. The van der Waals surface area contributed by atoms with Gasteiger partial charge in [0, 0.05) is 12.3 Å². The maximum absolute atomic E-state index is 11.9. The molecule has 0 spiro atoms. The van der Waals surface area contributed by atoms with Crippen molar-refractivity contribution in [3.05, 3.63) is 23.7 Å². The van der Waals surface area contributed by atoms with Crippen LogP contribution in [0, 0.1) is 0 Å². The van der Waals surface area contributed by atoms with Crippen molar-refractivity contribution in [2.24, 2.45) is 0 Å². The third kappa shape index (κ3) is 2.02. The van der Waals surface area contributed by atoms with Gasteiger partial charge in [-0.3, -0.25) is 4.79 Å². The third-order valence-electron chi connectivity index (χ3n) is 2.80. The summed E-state index contributed by atoms with van der Waals surface area (Å²) in [7, 11) is 0. The van der Waals surface area contributed by atoms with Crippen LogP contribution in [0.15, 0.2) is 16.7 Å². The minimum atomic E-state index is -0.152. The summed E-state index contributed by atoms with van der Waals surface area (Å²) in [6.45, 7) is 1.96. The Morgan fingerprint density at radius 3 is 2.93 bits per heavy atom. The first-order valence-corrected chi connectivity index (χ1v) is 5.69. The average Bonchev–Trinajstić information content (AvgIpc) is 2.85. The van der Waals surface area contributed by atoms with Crippen molar-refractivity contribution < 1.29 is 9.21 Å². The molecule has 1 saturated carbocycles. The molecule has 2 rings (SSSR count). The van der Waals surface area contributed by atoms with Crippen molar-refractivity contribution >= 4 is 17.5 Å². The van der Waals surface area contributed by atoms with Gasteiger partial charge in [0.05, 0.1) is 17.4 Å². The molecule has 0 saturated heterocycles. The Labute approximate surface area is 93.8 Å². The van der Waals surface area contributed by atoms with Crippen molar-refractivity contribution in [1.82, 2.24) is 5.32 Å². The number of alkyl halides is 1. The number of carbonyl (C=O) groups is 1. The van der Waals surface area contributed by atoms with E-state index in [2.05, 4.69) is 5.32 Å². The molecule has 1 aromatic heterocycles. The maximum atomic E-state index is 11.9. The summed E-state index contributed by atoms with van der Waals surface area (Å²) < 4.78 is 5.21. The number of hydrogen-bond acceptors (Lipinski definition) is 2. The molecule has 0 aliphatic heterocycles. The van der Waals surface area contributed by atoms with E-state index in [-0.39, 0.29) is 11.4 Å². The third-order valence-corrected chi connectivity index (χ3v) is 3.31. The smallest absolute Gasteiger partial charge is 0.255 e. The van der Waals surface area contributed by atoms with E-state index < -0.39 is 0 Å². The minimum Gasteiger partial charge on any atom is -0.469 e. The molecule has 1 fully saturated rings. The summed E-state index contributed by atoms with van der Waals surface area (Å²) >= 11 is 5.80. The standard InChI is InChI=1S/C11H14ClNO2/c1-2-9-8(3-6-15-9)10(14)13-11(7-12)4-5-11/h3,6H,2,4-5,7H2,1H3,(H,13,14). The Balaban J connectivity index is 2.08. The quantitative estimate of drug-likeness (QED) is 0.803. The lowest BCUT2D eigenvalue weighted by Crippen LogP contribution is -2.38. The van der Waals surface area contributed by atoms with Crippen LogP contribution in [0.2, 0.25) is 0 Å². The first-order chi connectivity index (χ1) is 7.21. The molecule has 4 heteroatoms. The van der Waals surface area contributed by atoms with E-state index in [1.54, 1.807) is 12.3 Å². The van der Waals surface area contributed by atoms with Gasteiger partial charge < -0.3 is 9.73 Å². The van der Waals surface area contributed by atoms with Crippen LogP contribution in [-0.2, 0) is 6.42 Å². The molecule has 0 aromatic carbocycles. The van der Waals surface area contributed by atoms with Crippen LogP contribution < -0.4 is 5.32 Å². The fourth-order valence-electron chi connectivity index (χ4n) is 1.57. The van der Waals surface area contributed by atoms with Crippen LogP contribution in [0.3, 0.4) is 0 Å². The van der Waals surface area contributed by atoms with E-state index in [0.29, 0.717) is 11.4 Å². The predicted octanol–water partition coefficient (Wildman–Crippen LogP) is 2.34. The summed E-state index contributed by atoms with van der Waals surface area (Å²) in [5.74, 6) is 1.15. The lowest BCUT2D eigenvalue weighted by Gasteiger charge is -2.13. The van der Waals surface area contributed by atoms with Crippen molar-refractivity contribution in [3.8, 4) is 0 Å². The first-order valence-electron chi connectivity index (χ1n) is 5.15. The highest BCUT2D eigenvalue weighted by Gasteiger charge is 2.43. The summed E-state index contributed by atoms with van der Waals surface area (Å²) in [6, 6.07) is 1.71. The van der Waals surface area contributed by atoms with Crippen LogP contribution in [-0.4, -0.2) is 17.3 Å². The van der Waals surface area contributed by atoms with Gasteiger partial charge in [0.1, 0.15) is 5.76 Å². The van der Waals surface area contributed by atoms with Gasteiger partial charge >= 0.3 is 0 Å². The van der Waals surface area contributed by atoms with Gasteiger partial charge in [0.2, 0.25) is 0 Å². The van der Waals surface area contributed by atoms with Crippen molar-refractivity contribution in [1.29, 1.82) is 0 Å². The predicted molar refractivity (Wildman–Crippen MR) is 58.2 cm³/mol.